The molecule has 0 aliphatic heterocycles. The first-order valence-electron chi connectivity index (χ1n) is 4.56. The normalized spacial score (nSPS) is 10.7. The van der Waals surface area contributed by atoms with E-state index >= 15 is 0 Å². The molecule has 0 saturated carbocycles. The van der Waals surface area contributed by atoms with Crippen molar-refractivity contribution in [2.45, 2.75) is 12.1 Å². The van der Waals surface area contributed by atoms with E-state index in [4.69, 9.17) is 5.11 Å². The van der Waals surface area contributed by atoms with Crippen molar-refractivity contribution in [1.29, 1.82) is 0 Å². The molecule has 0 aliphatic carbocycles. The van der Waals surface area contributed by atoms with Gasteiger partial charge in [-0.05, 0) is 24.0 Å². The molecule has 5 heteroatoms. The fourth-order valence-electron chi connectivity index (χ4n) is 1.32. The fraction of sp³-hybridized carbons (Fsp3) is 0.200. The number of hydrogen-bond donors (Lipinski definition) is 2. The van der Waals surface area contributed by atoms with E-state index in [1.54, 1.807) is 30.0 Å². The number of carboxylic acids is 1. The number of carbonyl (C=O) groups is 1. The highest BCUT2D eigenvalue weighted by molar-refractivity contribution is 7.99. The van der Waals surface area contributed by atoms with Gasteiger partial charge in [-0.25, -0.2) is 9.78 Å². The summed E-state index contributed by atoms with van der Waals surface area (Å²) < 4.78 is 0. The molecule has 0 spiro atoms. The van der Waals surface area contributed by atoms with E-state index in [2.05, 4.69) is 9.97 Å². The van der Waals surface area contributed by atoms with Crippen LogP contribution in [0.3, 0.4) is 0 Å². The Morgan fingerprint density at radius 2 is 2.40 bits per heavy atom. The predicted octanol–water partition coefficient (Wildman–Crippen LogP) is 2.37. The highest BCUT2D eigenvalue weighted by Gasteiger charge is 2.06. The van der Waals surface area contributed by atoms with E-state index in [0.717, 1.165) is 21.9 Å². The van der Waals surface area contributed by atoms with Crippen molar-refractivity contribution >= 4 is 28.8 Å². The first-order chi connectivity index (χ1) is 7.20. The summed E-state index contributed by atoms with van der Waals surface area (Å²) >= 11 is 1.60. The monoisotopic (exact) mass is 222 g/mol. The highest BCUT2D eigenvalue weighted by atomic mass is 32.2. The second-order valence-electron chi connectivity index (χ2n) is 3.01. The van der Waals surface area contributed by atoms with Gasteiger partial charge in [-0.2, -0.15) is 0 Å². The number of thioether (sulfide) groups is 1. The van der Waals surface area contributed by atoms with Gasteiger partial charge in [-0.15, -0.1) is 0 Å². The molecule has 0 unspecified atom stereocenters. The SMILES string of the molecule is CCSc1nc2ccc(C(=O)O)cc2[nH]1. The molecule has 0 bridgehead atoms. The molecule has 4 nitrogen and oxygen atoms in total. The molecule has 0 atom stereocenters. The summed E-state index contributed by atoms with van der Waals surface area (Å²) in [6.45, 7) is 2.04. The number of nitrogens with one attached hydrogen (secondary N) is 1. The Labute approximate surface area is 90.7 Å². The highest BCUT2D eigenvalue weighted by Crippen LogP contribution is 2.19. The zero-order valence-electron chi connectivity index (χ0n) is 8.15. The van der Waals surface area contributed by atoms with Crippen LogP contribution in [0, 0.1) is 0 Å². The first-order valence-corrected chi connectivity index (χ1v) is 5.55. The summed E-state index contributed by atoms with van der Waals surface area (Å²) in [4.78, 5) is 18.1. The lowest BCUT2D eigenvalue weighted by molar-refractivity contribution is 0.0697. The fourth-order valence-corrected chi connectivity index (χ4v) is 1.94. The molecule has 0 aliphatic rings. The summed E-state index contributed by atoms with van der Waals surface area (Å²) in [5.41, 5.74) is 1.85. The molecule has 2 aromatic rings. The molecule has 0 saturated heterocycles. The van der Waals surface area contributed by atoms with Gasteiger partial charge < -0.3 is 10.1 Å². The Morgan fingerprint density at radius 3 is 3.07 bits per heavy atom. The van der Waals surface area contributed by atoms with Crippen molar-refractivity contribution in [3.8, 4) is 0 Å². The van der Waals surface area contributed by atoms with Gasteiger partial charge in [0.1, 0.15) is 0 Å². The van der Waals surface area contributed by atoms with Gasteiger partial charge in [0.15, 0.2) is 5.16 Å². The maximum atomic E-state index is 10.7. The van der Waals surface area contributed by atoms with Crippen LogP contribution in [0.5, 0.6) is 0 Å². The van der Waals surface area contributed by atoms with Gasteiger partial charge in [0.25, 0.3) is 0 Å². The smallest absolute Gasteiger partial charge is 0.335 e. The standard InChI is InChI=1S/C10H10N2O2S/c1-2-15-10-11-7-4-3-6(9(13)14)5-8(7)12-10/h3-5H,2H2,1H3,(H,11,12)(H,13,14). The Hall–Kier alpha value is -1.49. The van der Waals surface area contributed by atoms with Crippen LogP contribution in [0.25, 0.3) is 11.0 Å². The number of carboxylic acid groups (broad SMARTS) is 1. The second-order valence-corrected chi connectivity index (χ2v) is 4.26. The summed E-state index contributed by atoms with van der Waals surface area (Å²) in [7, 11) is 0. The van der Waals surface area contributed by atoms with Crippen molar-refractivity contribution < 1.29 is 9.90 Å². The lowest BCUT2D eigenvalue weighted by atomic mass is 10.2. The molecule has 0 amide bonds. The molecule has 2 N–H and O–H groups in total. The third-order valence-corrected chi connectivity index (χ3v) is 2.74. The van der Waals surface area contributed by atoms with Crippen LogP contribution >= 0.6 is 11.8 Å². The molecule has 2 rings (SSSR count). The van der Waals surface area contributed by atoms with Crippen LogP contribution in [0.2, 0.25) is 0 Å². The van der Waals surface area contributed by atoms with Gasteiger partial charge in [0.2, 0.25) is 0 Å². The molecule has 1 aromatic heterocycles. The Balaban J connectivity index is 2.47. The number of fused-ring (bicyclic) bond motifs is 1. The average Bonchev–Trinajstić information content (AvgIpc) is 2.59. The van der Waals surface area contributed by atoms with Crippen LogP contribution in [-0.4, -0.2) is 26.8 Å². The zero-order valence-corrected chi connectivity index (χ0v) is 8.97. The lowest BCUT2D eigenvalue weighted by Gasteiger charge is -1.92. The maximum absolute atomic E-state index is 10.7. The van der Waals surface area contributed by atoms with E-state index in [9.17, 15) is 4.79 Å². The van der Waals surface area contributed by atoms with Crippen molar-refractivity contribution in [3.05, 3.63) is 23.8 Å². The summed E-state index contributed by atoms with van der Waals surface area (Å²) in [5.74, 6) is 0.0159. The number of H-pyrrole nitrogens is 1. The molecule has 1 aromatic carbocycles. The van der Waals surface area contributed by atoms with Gasteiger partial charge in [-0.3, -0.25) is 0 Å². The number of imidazole rings is 1. The van der Waals surface area contributed by atoms with Gasteiger partial charge in [0, 0.05) is 0 Å². The lowest BCUT2D eigenvalue weighted by Crippen LogP contribution is -1.94. The number of hydrogen-bond acceptors (Lipinski definition) is 3. The van der Waals surface area contributed by atoms with Crippen LogP contribution in [0.4, 0.5) is 0 Å². The van der Waals surface area contributed by atoms with E-state index < -0.39 is 5.97 Å². The average molecular weight is 222 g/mol. The second kappa shape index (κ2) is 3.94. The van der Waals surface area contributed by atoms with Crippen LogP contribution < -0.4 is 0 Å². The van der Waals surface area contributed by atoms with Gasteiger partial charge >= 0.3 is 5.97 Å². The third kappa shape index (κ3) is 1.97. The molecule has 78 valence electrons. The first kappa shape index (κ1) is 10.0. The van der Waals surface area contributed by atoms with Gasteiger partial charge in [-0.1, -0.05) is 18.7 Å². The summed E-state index contributed by atoms with van der Waals surface area (Å²) in [5, 5.41) is 9.64. The number of benzene rings is 1. The minimum atomic E-state index is -0.920. The number of aromatic carboxylic acids is 1. The Kier molecular flexibility index (Phi) is 2.64. The molecule has 15 heavy (non-hydrogen) atoms. The van der Waals surface area contributed by atoms with Crippen molar-refractivity contribution in [1.82, 2.24) is 9.97 Å². The quantitative estimate of drug-likeness (QED) is 0.782. The number of nitrogens with zero attached hydrogens (tertiary/aromatic N) is 1. The van der Waals surface area contributed by atoms with Crippen LogP contribution in [-0.2, 0) is 0 Å². The topological polar surface area (TPSA) is 66.0 Å². The number of rotatable bonds is 3. The van der Waals surface area contributed by atoms with Gasteiger partial charge in [0.05, 0.1) is 16.6 Å². The Morgan fingerprint density at radius 1 is 1.60 bits per heavy atom. The summed E-state index contributed by atoms with van der Waals surface area (Å²) in [6, 6.07) is 4.88. The molecule has 0 fully saturated rings. The van der Waals surface area contributed by atoms with Crippen LogP contribution in [0.15, 0.2) is 23.4 Å². The molecule has 1 heterocycles. The van der Waals surface area contributed by atoms with E-state index in [-0.39, 0.29) is 5.56 Å². The third-order valence-electron chi connectivity index (χ3n) is 1.99. The number of aromatic amines is 1. The van der Waals surface area contributed by atoms with Crippen molar-refractivity contribution in [2.75, 3.05) is 5.75 Å². The number of aromatic nitrogens is 2. The van der Waals surface area contributed by atoms with E-state index in [1.165, 1.54) is 0 Å². The van der Waals surface area contributed by atoms with Crippen LogP contribution in [0.1, 0.15) is 17.3 Å². The maximum Gasteiger partial charge on any atom is 0.335 e. The van der Waals surface area contributed by atoms with Crippen molar-refractivity contribution in [3.63, 3.8) is 0 Å². The molecular weight excluding hydrogens is 212 g/mol. The minimum Gasteiger partial charge on any atom is -0.478 e. The minimum absolute atomic E-state index is 0.277. The van der Waals surface area contributed by atoms with E-state index in [0.29, 0.717) is 0 Å². The summed E-state index contributed by atoms with van der Waals surface area (Å²) in [6.07, 6.45) is 0. The zero-order chi connectivity index (χ0) is 10.8. The Bertz CT molecular complexity index is 507. The predicted molar refractivity (Wildman–Crippen MR) is 59.5 cm³/mol. The van der Waals surface area contributed by atoms with Crippen molar-refractivity contribution in [2.24, 2.45) is 0 Å². The molecular formula is C10H10N2O2S. The largest absolute Gasteiger partial charge is 0.478 e. The molecule has 0 radical (unpaired) electrons. The van der Waals surface area contributed by atoms with E-state index in [1.807, 2.05) is 6.92 Å².